The number of methoxy groups -OCH3 is 1. The van der Waals surface area contributed by atoms with E-state index in [9.17, 15) is 4.79 Å². The first-order chi connectivity index (χ1) is 11.1. The Labute approximate surface area is 144 Å². The van der Waals surface area contributed by atoms with Gasteiger partial charge in [-0.3, -0.25) is 4.79 Å². The highest BCUT2D eigenvalue weighted by molar-refractivity contribution is 9.10. The third-order valence-electron chi connectivity index (χ3n) is 3.28. The number of carbonyl (C=O) groups excluding carboxylic acids is 1. The molecule has 2 aromatic rings. The number of benzene rings is 2. The van der Waals surface area contributed by atoms with Gasteiger partial charge in [-0.15, -0.1) is 0 Å². The largest absolute Gasteiger partial charge is 0.496 e. The Bertz CT molecular complexity index is 673. The van der Waals surface area contributed by atoms with Crippen molar-refractivity contribution < 1.29 is 14.3 Å². The molecule has 0 aliphatic rings. The molecule has 1 N–H and O–H groups in total. The van der Waals surface area contributed by atoms with Gasteiger partial charge < -0.3 is 14.8 Å². The van der Waals surface area contributed by atoms with E-state index in [1.807, 2.05) is 31.2 Å². The minimum absolute atomic E-state index is 0.107. The number of halogens is 1. The van der Waals surface area contributed by atoms with Crippen molar-refractivity contribution in [3.05, 3.63) is 58.1 Å². The van der Waals surface area contributed by atoms with Gasteiger partial charge in [-0.1, -0.05) is 12.1 Å². The van der Waals surface area contributed by atoms with Crippen LogP contribution in [0.25, 0.3) is 0 Å². The summed E-state index contributed by atoms with van der Waals surface area (Å²) < 4.78 is 11.6. The van der Waals surface area contributed by atoms with Crippen LogP contribution in [0.2, 0.25) is 0 Å². The monoisotopic (exact) mass is 377 g/mol. The first-order valence-corrected chi connectivity index (χ1v) is 8.20. The van der Waals surface area contributed by atoms with Crippen LogP contribution in [0.15, 0.2) is 46.9 Å². The second kappa shape index (κ2) is 8.58. The van der Waals surface area contributed by atoms with Crippen LogP contribution in [0.3, 0.4) is 0 Å². The number of hydrogen-bond donors (Lipinski definition) is 1. The van der Waals surface area contributed by atoms with E-state index in [4.69, 9.17) is 9.47 Å². The molecule has 122 valence electrons. The van der Waals surface area contributed by atoms with Gasteiger partial charge in [0.2, 0.25) is 0 Å². The van der Waals surface area contributed by atoms with Crippen molar-refractivity contribution >= 4 is 21.8 Å². The van der Waals surface area contributed by atoms with Crippen molar-refractivity contribution in [2.24, 2.45) is 0 Å². The molecule has 23 heavy (non-hydrogen) atoms. The summed E-state index contributed by atoms with van der Waals surface area (Å²) in [4.78, 5) is 12.1. The third-order valence-corrected chi connectivity index (χ3v) is 3.90. The lowest BCUT2D eigenvalue weighted by Crippen LogP contribution is -2.25. The molecular formula is C18H20BrNO3. The lowest BCUT2D eigenvalue weighted by atomic mass is 10.2. The van der Waals surface area contributed by atoms with Crippen molar-refractivity contribution in [1.82, 2.24) is 5.32 Å². The molecule has 0 saturated heterocycles. The van der Waals surface area contributed by atoms with Gasteiger partial charge in [-0.05, 0) is 65.2 Å². The molecule has 0 atom stereocenters. The summed E-state index contributed by atoms with van der Waals surface area (Å²) in [5.74, 6) is 1.45. The summed E-state index contributed by atoms with van der Waals surface area (Å²) >= 11 is 3.38. The quantitative estimate of drug-likeness (QED) is 0.742. The highest BCUT2D eigenvalue weighted by Crippen LogP contribution is 2.25. The number of ether oxygens (including phenoxy) is 2. The lowest BCUT2D eigenvalue weighted by molar-refractivity contribution is 0.0951. The number of amides is 1. The molecular weight excluding hydrogens is 358 g/mol. The Morgan fingerprint density at radius 2 is 2.04 bits per heavy atom. The van der Waals surface area contributed by atoms with Crippen LogP contribution in [-0.4, -0.2) is 26.2 Å². The van der Waals surface area contributed by atoms with Crippen LogP contribution < -0.4 is 14.8 Å². The van der Waals surface area contributed by atoms with Gasteiger partial charge in [0.1, 0.15) is 11.5 Å². The van der Waals surface area contributed by atoms with E-state index >= 15 is 0 Å². The molecule has 0 fully saturated rings. The fraction of sp³-hybridized carbons (Fsp3) is 0.278. The number of hydrogen-bond acceptors (Lipinski definition) is 3. The molecule has 4 nitrogen and oxygen atoms in total. The maximum absolute atomic E-state index is 12.1. The molecule has 0 aromatic heterocycles. The second-order valence-electron chi connectivity index (χ2n) is 5.12. The number of aryl methyl sites for hydroxylation is 1. The van der Waals surface area contributed by atoms with Crippen molar-refractivity contribution in [3.63, 3.8) is 0 Å². The average Bonchev–Trinajstić information content (AvgIpc) is 2.54. The summed E-state index contributed by atoms with van der Waals surface area (Å²) in [6, 6.07) is 13.2. The molecule has 0 aliphatic heterocycles. The predicted octanol–water partition coefficient (Wildman–Crippen LogP) is 3.97. The van der Waals surface area contributed by atoms with Crippen molar-refractivity contribution in [3.8, 4) is 11.5 Å². The van der Waals surface area contributed by atoms with Crippen LogP contribution >= 0.6 is 15.9 Å². The van der Waals surface area contributed by atoms with E-state index in [0.29, 0.717) is 24.5 Å². The van der Waals surface area contributed by atoms with Crippen LogP contribution in [0.5, 0.6) is 11.5 Å². The van der Waals surface area contributed by atoms with E-state index in [-0.39, 0.29) is 5.91 Å². The van der Waals surface area contributed by atoms with Gasteiger partial charge in [-0.2, -0.15) is 0 Å². The maximum Gasteiger partial charge on any atom is 0.251 e. The normalized spacial score (nSPS) is 10.2. The maximum atomic E-state index is 12.1. The van der Waals surface area contributed by atoms with Gasteiger partial charge >= 0.3 is 0 Å². The Balaban J connectivity index is 1.73. The molecule has 0 radical (unpaired) electrons. The highest BCUT2D eigenvalue weighted by atomic mass is 79.9. The molecule has 0 saturated carbocycles. The van der Waals surface area contributed by atoms with Crippen LogP contribution in [0.4, 0.5) is 0 Å². The molecule has 2 aromatic carbocycles. The van der Waals surface area contributed by atoms with Gasteiger partial charge in [0, 0.05) is 12.1 Å². The standard InChI is InChI=1S/C18H20BrNO3/c1-13-5-3-6-15(11-13)23-10-4-9-20-18(21)14-7-8-17(22-2)16(19)12-14/h3,5-8,11-12H,4,9-10H2,1-2H3,(H,20,21). The zero-order chi connectivity index (χ0) is 16.7. The topological polar surface area (TPSA) is 47.6 Å². The summed E-state index contributed by atoms with van der Waals surface area (Å²) in [5, 5.41) is 2.88. The van der Waals surface area contributed by atoms with Crippen molar-refractivity contribution in [2.45, 2.75) is 13.3 Å². The Morgan fingerprint density at radius 3 is 2.74 bits per heavy atom. The molecule has 0 spiro atoms. The predicted molar refractivity (Wildman–Crippen MR) is 94.3 cm³/mol. The number of rotatable bonds is 7. The minimum Gasteiger partial charge on any atom is -0.496 e. The first kappa shape index (κ1) is 17.3. The van der Waals surface area contributed by atoms with Crippen LogP contribution in [0, 0.1) is 6.92 Å². The van der Waals surface area contributed by atoms with Gasteiger partial charge in [-0.25, -0.2) is 0 Å². The fourth-order valence-corrected chi connectivity index (χ4v) is 2.62. The van der Waals surface area contributed by atoms with Gasteiger partial charge in [0.15, 0.2) is 0 Å². The van der Waals surface area contributed by atoms with E-state index in [1.165, 1.54) is 5.56 Å². The van der Waals surface area contributed by atoms with E-state index < -0.39 is 0 Å². The van der Waals surface area contributed by atoms with Crippen molar-refractivity contribution in [1.29, 1.82) is 0 Å². The van der Waals surface area contributed by atoms with Crippen LogP contribution in [0.1, 0.15) is 22.3 Å². The molecule has 0 heterocycles. The van der Waals surface area contributed by atoms with Crippen LogP contribution in [-0.2, 0) is 0 Å². The summed E-state index contributed by atoms with van der Waals surface area (Å²) in [6.07, 6.45) is 0.747. The highest BCUT2D eigenvalue weighted by Gasteiger charge is 2.08. The Kier molecular flexibility index (Phi) is 6.47. The molecule has 0 bridgehead atoms. The average molecular weight is 378 g/mol. The Morgan fingerprint density at radius 1 is 1.22 bits per heavy atom. The summed E-state index contributed by atoms with van der Waals surface area (Å²) in [7, 11) is 1.59. The summed E-state index contributed by atoms with van der Waals surface area (Å²) in [5.41, 5.74) is 1.76. The van der Waals surface area contributed by atoms with E-state index in [2.05, 4.69) is 21.2 Å². The van der Waals surface area contributed by atoms with Crippen molar-refractivity contribution in [2.75, 3.05) is 20.3 Å². The Hall–Kier alpha value is -2.01. The number of nitrogens with one attached hydrogen (secondary N) is 1. The minimum atomic E-state index is -0.107. The zero-order valence-corrected chi connectivity index (χ0v) is 14.9. The number of carbonyl (C=O) groups is 1. The lowest BCUT2D eigenvalue weighted by Gasteiger charge is -2.09. The van der Waals surface area contributed by atoms with Gasteiger partial charge in [0.05, 0.1) is 18.2 Å². The molecule has 0 aliphatic carbocycles. The third kappa shape index (κ3) is 5.28. The van der Waals surface area contributed by atoms with Gasteiger partial charge in [0.25, 0.3) is 5.91 Å². The SMILES string of the molecule is COc1ccc(C(=O)NCCCOc2cccc(C)c2)cc1Br. The molecule has 5 heteroatoms. The van der Waals surface area contributed by atoms with E-state index in [1.54, 1.807) is 25.3 Å². The molecule has 2 rings (SSSR count). The smallest absolute Gasteiger partial charge is 0.251 e. The second-order valence-corrected chi connectivity index (χ2v) is 5.98. The summed E-state index contributed by atoms with van der Waals surface area (Å²) in [6.45, 7) is 3.16. The fourth-order valence-electron chi connectivity index (χ4n) is 2.08. The zero-order valence-electron chi connectivity index (χ0n) is 13.3. The molecule has 1 amide bonds. The molecule has 0 unspecified atom stereocenters. The first-order valence-electron chi connectivity index (χ1n) is 7.41. The van der Waals surface area contributed by atoms with E-state index in [0.717, 1.165) is 16.6 Å².